The standard InChI is InChI=1S/C26H28N2O2.2ClH/c1-26(17-20-12-13-23-24(16-20)30-19-29-23)18-28(15-14-27-26)25(21-8-4-2-5-9-21)22-10-6-3-7-11-22;;/h2-13,16,25,27H,14-15,17-19H2,1H3;2*1H. The first-order valence-corrected chi connectivity index (χ1v) is 10.7. The molecule has 6 heteroatoms. The molecule has 5 rings (SSSR count). The summed E-state index contributed by atoms with van der Waals surface area (Å²) in [6, 6.07) is 28.3. The largest absolute Gasteiger partial charge is 0.454 e. The quantitative estimate of drug-likeness (QED) is 0.549. The van der Waals surface area contributed by atoms with Crippen molar-refractivity contribution in [1.82, 2.24) is 10.2 Å². The number of ether oxygens (including phenoxy) is 2. The van der Waals surface area contributed by atoms with Gasteiger partial charge in [-0.3, -0.25) is 4.90 Å². The molecule has 0 amide bonds. The van der Waals surface area contributed by atoms with Crippen LogP contribution < -0.4 is 14.8 Å². The number of hydrogen-bond donors (Lipinski definition) is 1. The smallest absolute Gasteiger partial charge is 0.231 e. The first kappa shape index (κ1) is 24.4. The van der Waals surface area contributed by atoms with Crippen molar-refractivity contribution >= 4 is 24.8 Å². The molecule has 2 heterocycles. The van der Waals surface area contributed by atoms with Gasteiger partial charge < -0.3 is 14.8 Å². The average molecular weight is 473 g/mol. The second kappa shape index (κ2) is 10.6. The van der Waals surface area contributed by atoms with Crippen molar-refractivity contribution in [1.29, 1.82) is 0 Å². The Morgan fingerprint density at radius 2 is 1.50 bits per heavy atom. The third-order valence-corrected chi connectivity index (χ3v) is 6.13. The molecule has 1 saturated heterocycles. The fourth-order valence-electron chi connectivity index (χ4n) is 4.81. The third kappa shape index (κ3) is 5.21. The molecule has 1 fully saturated rings. The van der Waals surface area contributed by atoms with Crippen LogP contribution in [0.4, 0.5) is 0 Å². The van der Waals surface area contributed by atoms with Crippen LogP contribution in [0.5, 0.6) is 11.5 Å². The number of fused-ring (bicyclic) bond motifs is 1. The zero-order chi connectivity index (χ0) is 20.4. The maximum absolute atomic E-state index is 5.58. The molecular weight excluding hydrogens is 443 g/mol. The third-order valence-electron chi connectivity index (χ3n) is 6.13. The minimum absolute atomic E-state index is 0. The average Bonchev–Trinajstić information content (AvgIpc) is 3.23. The minimum atomic E-state index is -0.0201. The number of piperazine rings is 1. The van der Waals surface area contributed by atoms with Crippen LogP contribution in [0.2, 0.25) is 0 Å². The van der Waals surface area contributed by atoms with Crippen LogP contribution in [-0.2, 0) is 6.42 Å². The Bertz CT molecular complexity index is 964. The van der Waals surface area contributed by atoms with Gasteiger partial charge in [0.15, 0.2) is 11.5 Å². The number of rotatable bonds is 5. The van der Waals surface area contributed by atoms with E-state index in [4.69, 9.17) is 9.47 Å². The van der Waals surface area contributed by atoms with Gasteiger partial charge in [-0.2, -0.15) is 0 Å². The zero-order valence-corrected chi connectivity index (χ0v) is 19.8. The lowest BCUT2D eigenvalue weighted by molar-refractivity contribution is 0.115. The molecule has 0 bridgehead atoms. The molecule has 0 saturated carbocycles. The summed E-state index contributed by atoms with van der Waals surface area (Å²) >= 11 is 0. The van der Waals surface area contributed by atoms with Crippen LogP contribution in [0.1, 0.15) is 29.7 Å². The van der Waals surface area contributed by atoms with Crippen molar-refractivity contribution in [2.45, 2.75) is 24.9 Å². The maximum atomic E-state index is 5.58. The molecule has 0 radical (unpaired) electrons. The van der Waals surface area contributed by atoms with E-state index in [1.807, 2.05) is 6.07 Å². The van der Waals surface area contributed by atoms with Gasteiger partial charge in [-0.25, -0.2) is 0 Å². The summed E-state index contributed by atoms with van der Waals surface area (Å²) in [6.07, 6.45) is 0.941. The predicted octanol–water partition coefficient (Wildman–Crippen LogP) is 5.25. The number of nitrogens with zero attached hydrogens (tertiary/aromatic N) is 1. The number of nitrogens with one attached hydrogen (secondary N) is 1. The zero-order valence-electron chi connectivity index (χ0n) is 18.2. The number of halogens is 2. The Balaban J connectivity index is 0.00000144. The fourth-order valence-corrected chi connectivity index (χ4v) is 4.81. The Morgan fingerprint density at radius 3 is 2.16 bits per heavy atom. The predicted molar refractivity (Wildman–Crippen MR) is 133 cm³/mol. The van der Waals surface area contributed by atoms with Gasteiger partial charge in [-0.1, -0.05) is 66.7 Å². The van der Waals surface area contributed by atoms with E-state index in [0.29, 0.717) is 6.79 Å². The molecule has 2 aliphatic rings. The van der Waals surface area contributed by atoms with E-state index in [1.165, 1.54) is 16.7 Å². The highest BCUT2D eigenvalue weighted by molar-refractivity contribution is 5.85. The summed E-state index contributed by atoms with van der Waals surface area (Å²) in [6.45, 7) is 5.60. The highest BCUT2D eigenvalue weighted by Crippen LogP contribution is 2.35. The summed E-state index contributed by atoms with van der Waals surface area (Å²) in [5.41, 5.74) is 3.94. The van der Waals surface area contributed by atoms with Gasteiger partial charge in [0.05, 0.1) is 6.04 Å². The van der Waals surface area contributed by atoms with Crippen molar-refractivity contribution in [2.75, 3.05) is 26.4 Å². The van der Waals surface area contributed by atoms with Gasteiger partial charge in [0.25, 0.3) is 0 Å². The molecule has 0 aliphatic carbocycles. The Kier molecular flexibility index (Phi) is 8.07. The van der Waals surface area contributed by atoms with Crippen LogP contribution in [0.25, 0.3) is 0 Å². The fraction of sp³-hybridized carbons (Fsp3) is 0.308. The lowest BCUT2D eigenvalue weighted by Gasteiger charge is -2.45. The van der Waals surface area contributed by atoms with Crippen LogP contribution in [0.15, 0.2) is 78.9 Å². The molecule has 1 N–H and O–H groups in total. The maximum Gasteiger partial charge on any atom is 0.231 e. The van der Waals surface area contributed by atoms with E-state index in [0.717, 1.165) is 37.6 Å². The second-order valence-corrected chi connectivity index (χ2v) is 8.55. The summed E-state index contributed by atoms with van der Waals surface area (Å²) in [5, 5.41) is 3.79. The molecule has 0 aromatic heterocycles. The Morgan fingerprint density at radius 1 is 0.875 bits per heavy atom. The first-order chi connectivity index (χ1) is 14.7. The Hall–Kier alpha value is -2.24. The van der Waals surface area contributed by atoms with Gasteiger partial charge in [0.1, 0.15) is 0 Å². The second-order valence-electron chi connectivity index (χ2n) is 8.55. The molecular formula is C26H30Cl2N2O2. The van der Waals surface area contributed by atoms with Gasteiger partial charge in [0.2, 0.25) is 6.79 Å². The van der Waals surface area contributed by atoms with E-state index in [9.17, 15) is 0 Å². The van der Waals surface area contributed by atoms with Gasteiger partial charge in [-0.05, 0) is 42.2 Å². The van der Waals surface area contributed by atoms with E-state index in [1.54, 1.807) is 0 Å². The van der Waals surface area contributed by atoms with Crippen molar-refractivity contribution in [2.24, 2.45) is 0 Å². The summed E-state index contributed by atoms with van der Waals surface area (Å²) in [4.78, 5) is 2.62. The van der Waals surface area contributed by atoms with Gasteiger partial charge >= 0.3 is 0 Å². The highest BCUT2D eigenvalue weighted by Gasteiger charge is 2.35. The van der Waals surface area contributed by atoms with E-state index in [2.05, 4.69) is 89.9 Å². The molecule has 3 aromatic carbocycles. The van der Waals surface area contributed by atoms with Crippen LogP contribution in [0, 0.1) is 0 Å². The normalized spacial score (nSPS) is 19.8. The monoisotopic (exact) mass is 472 g/mol. The molecule has 2 aliphatic heterocycles. The van der Waals surface area contributed by atoms with Crippen LogP contribution >= 0.6 is 24.8 Å². The molecule has 1 atom stereocenters. The molecule has 1 unspecified atom stereocenters. The van der Waals surface area contributed by atoms with Crippen molar-refractivity contribution < 1.29 is 9.47 Å². The minimum Gasteiger partial charge on any atom is -0.454 e. The highest BCUT2D eigenvalue weighted by atomic mass is 35.5. The van der Waals surface area contributed by atoms with Gasteiger partial charge in [-0.15, -0.1) is 24.8 Å². The van der Waals surface area contributed by atoms with Crippen molar-refractivity contribution in [3.8, 4) is 11.5 Å². The molecule has 170 valence electrons. The molecule has 4 nitrogen and oxygen atoms in total. The lowest BCUT2D eigenvalue weighted by Crippen LogP contribution is -2.60. The molecule has 32 heavy (non-hydrogen) atoms. The van der Waals surface area contributed by atoms with Crippen LogP contribution in [0.3, 0.4) is 0 Å². The van der Waals surface area contributed by atoms with Crippen molar-refractivity contribution in [3.05, 3.63) is 95.6 Å². The summed E-state index contributed by atoms with van der Waals surface area (Å²) < 4.78 is 11.1. The lowest BCUT2D eigenvalue weighted by atomic mass is 9.88. The SMILES string of the molecule is CC1(Cc2ccc3c(c2)OCO3)CN(C(c2ccccc2)c2ccccc2)CCN1.Cl.Cl. The molecule has 3 aromatic rings. The summed E-state index contributed by atoms with van der Waals surface area (Å²) in [7, 11) is 0. The van der Waals surface area contributed by atoms with Crippen molar-refractivity contribution in [3.63, 3.8) is 0 Å². The number of benzene rings is 3. The topological polar surface area (TPSA) is 33.7 Å². The van der Waals surface area contributed by atoms with E-state index < -0.39 is 0 Å². The van der Waals surface area contributed by atoms with Gasteiger partial charge in [0, 0.05) is 25.2 Å². The number of hydrogen-bond acceptors (Lipinski definition) is 4. The summed E-state index contributed by atoms with van der Waals surface area (Å²) in [5.74, 6) is 1.70. The van der Waals surface area contributed by atoms with Crippen LogP contribution in [-0.4, -0.2) is 36.9 Å². The molecule has 0 spiro atoms. The first-order valence-electron chi connectivity index (χ1n) is 10.7. The van der Waals surface area contributed by atoms with E-state index >= 15 is 0 Å². The Labute approximate surface area is 202 Å². The van der Waals surface area contributed by atoms with E-state index in [-0.39, 0.29) is 36.4 Å².